The molecule has 1 amide bonds. The van der Waals surface area contributed by atoms with Gasteiger partial charge < -0.3 is 9.47 Å². The first-order valence-corrected chi connectivity index (χ1v) is 9.09. The van der Waals surface area contributed by atoms with Crippen molar-refractivity contribution in [3.05, 3.63) is 45.7 Å². The van der Waals surface area contributed by atoms with E-state index in [1.807, 2.05) is 35.1 Å². The molecule has 1 aliphatic rings. The summed E-state index contributed by atoms with van der Waals surface area (Å²) in [6, 6.07) is 0. The Morgan fingerprint density at radius 1 is 1.32 bits per heavy atom. The van der Waals surface area contributed by atoms with Crippen molar-refractivity contribution < 1.29 is 4.79 Å². The summed E-state index contributed by atoms with van der Waals surface area (Å²) < 4.78 is 3.96. The second-order valence-electron chi connectivity index (χ2n) is 6.20. The van der Waals surface area contributed by atoms with E-state index in [0.717, 1.165) is 41.6 Å². The van der Waals surface area contributed by atoms with E-state index in [2.05, 4.69) is 24.8 Å². The second-order valence-corrected chi connectivity index (χ2v) is 7.26. The Kier molecular flexibility index (Phi) is 4.08. The number of thiazole rings is 1. The first kappa shape index (κ1) is 15.9. The number of carbonyl (C=O) groups excluding carboxylic acids is 1. The quantitative estimate of drug-likeness (QED) is 0.712. The van der Waals surface area contributed by atoms with E-state index in [0.29, 0.717) is 18.8 Å². The van der Waals surface area contributed by atoms with Crippen LogP contribution in [-0.2, 0) is 19.6 Å². The number of nitrogens with zero attached hydrogens (tertiary/aromatic N) is 7. The summed E-state index contributed by atoms with van der Waals surface area (Å²) in [6.07, 6.45) is 4.49. The van der Waals surface area contributed by atoms with Gasteiger partial charge in [-0.15, -0.1) is 16.4 Å². The number of hydrogen-bond acceptors (Lipinski definition) is 6. The number of aromatic nitrogens is 6. The molecular weight excluding hydrogens is 338 g/mol. The van der Waals surface area contributed by atoms with Crippen LogP contribution in [0.25, 0.3) is 0 Å². The number of amides is 1. The van der Waals surface area contributed by atoms with Gasteiger partial charge in [0.1, 0.15) is 5.69 Å². The predicted molar refractivity (Wildman–Crippen MR) is 92.3 cm³/mol. The van der Waals surface area contributed by atoms with E-state index in [1.165, 1.54) is 11.3 Å². The zero-order valence-corrected chi connectivity index (χ0v) is 15.0. The van der Waals surface area contributed by atoms with E-state index < -0.39 is 0 Å². The fourth-order valence-electron chi connectivity index (χ4n) is 3.05. The number of carbonyl (C=O) groups is 1. The van der Waals surface area contributed by atoms with Crippen molar-refractivity contribution in [3.63, 3.8) is 0 Å². The molecule has 1 aliphatic heterocycles. The molecule has 0 N–H and O–H groups in total. The van der Waals surface area contributed by atoms with Crippen LogP contribution in [0.4, 0.5) is 0 Å². The van der Waals surface area contributed by atoms with Gasteiger partial charge in [0.2, 0.25) is 0 Å². The first-order valence-electron chi connectivity index (χ1n) is 8.21. The Bertz CT molecular complexity index is 909. The van der Waals surface area contributed by atoms with Crippen molar-refractivity contribution in [1.82, 2.24) is 34.4 Å². The van der Waals surface area contributed by atoms with Crippen LogP contribution in [0.1, 0.15) is 39.0 Å². The van der Waals surface area contributed by atoms with Crippen LogP contribution in [0.3, 0.4) is 0 Å². The fourth-order valence-corrected chi connectivity index (χ4v) is 3.64. The Hall–Kier alpha value is -2.55. The summed E-state index contributed by atoms with van der Waals surface area (Å²) in [6.45, 7) is 6.56. The summed E-state index contributed by atoms with van der Waals surface area (Å²) in [7, 11) is 0. The number of aryl methyl sites for hydroxylation is 3. The molecule has 9 heteroatoms. The van der Waals surface area contributed by atoms with Crippen LogP contribution in [-0.4, -0.2) is 46.9 Å². The predicted octanol–water partition coefficient (Wildman–Crippen LogP) is 1.64. The van der Waals surface area contributed by atoms with Crippen molar-refractivity contribution >= 4 is 17.2 Å². The summed E-state index contributed by atoms with van der Waals surface area (Å²) >= 11 is 1.50. The lowest BCUT2D eigenvalue weighted by atomic mass is 10.2. The zero-order chi connectivity index (χ0) is 17.4. The summed E-state index contributed by atoms with van der Waals surface area (Å²) in [4.78, 5) is 23.5. The third-order valence-corrected chi connectivity index (χ3v) is 5.21. The van der Waals surface area contributed by atoms with Gasteiger partial charge in [0.05, 0.1) is 47.7 Å². The molecular formula is C16H19N7OS. The molecule has 0 fully saturated rings. The van der Waals surface area contributed by atoms with Gasteiger partial charge in [0.15, 0.2) is 0 Å². The SMILES string of the molecule is Cc1nc(C(=O)N2CCCn3cnc(Cn4nncc4C)c3C2)cs1. The van der Waals surface area contributed by atoms with Crippen LogP contribution in [0.2, 0.25) is 0 Å². The highest BCUT2D eigenvalue weighted by molar-refractivity contribution is 7.09. The van der Waals surface area contributed by atoms with Gasteiger partial charge in [0.25, 0.3) is 5.91 Å². The highest BCUT2D eigenvalue weighted by Gasteiger charge is 2.24. The van der Waals surface area contributed by atoms with Crippen molar-refractivity contribution in [1.29, 1.82) is 0 Å². The van der Waals surface area contributed by atoms with Crippen molar-refractivity contribution in [3.8, 4) is 0 Å². The third kappa shape index (κ3) is 3.07. The minimum absolute atomic E-state index is 0.0121. The van der Waals surface area contributed by atoms with Crippen LogP contribution < -0.4 is 0 Å². The lowest BCUT2D eigenvalue weighted by Gasteiger charge is -2.19. The van der Waals surface area contributed by atoms with E-state index in [1.54, 1.807) is 6.20 Å². The number of rotatable bonds is 3. The van der Waals surface area contributed by atoms with Gasteiger partial charge in [-0.05, 0) is 20.3 Å². The Balaban J connectivity index is 1.60. The summed E-state index contributed by atoms with van der Waals surface area (Å²) in [5.41, 5.74) is 3.51. The Labute approximate surface area is 149 Å². The summed E-state index contributed by atoms with van der Waals surface area (Å²) in [5.74, 6) is -0.0121. The topological polar surface area (TPSA) is 81.7 Å². The molecule has 0 saturated carbocycles. The molecule has 0 aliphatic carbocycles. The second kappa shape index (κ2) is 6.40. The number of imidazole rings is 1. The van der Waals surface area contributed by atoms with Crippen LogP contribution in [0.15, 0.2) is 17.9 Å². The van der Waals surface area contributed by atoms with E-state index in [9.17, 15) is 4.79 Å². The maximum atomic E-state index is 12.8. The molecule has 0 saturated heterocycles. The highest BCUT2D eigenvalue weighted by Crippen LogP contribution is 2.20. The van der Waals surface area contributed by atoms with Gasteiger partial charge >= 0.3 is 0 Å². The fraction of sp³-hybridized carbons (Fsp3) is 0.438. The monoisotopic (exact) mass is 357 g/mol. The molecule has 0 aromatic carbocycles. The lowest BCUT2D eigenvalue weighted by molar-refractivity contribution is 0.0740. The van der Waals surface area contributed by atoms with Crippen LogP contribution in [0.5, 0.6) is 0 Å². The maximum absolute atomic E-state index is 12.8. The minimum Gasteiger partial charge on any atom is -0.333 e. The average molecular weight is 357 g/mol. The van der Waals surface area contributed by atoms with Gasteiger partial charge in [-0.3, -0.25) is 4.79 Å². The standard InChI is InChI=1S/C16H19N7OS/c1-11-6-18-20-23(11)7-13-15-8-21(4-3-5-22(15)10-17-13)16(24)14-9-25-12(2)19-14/h6,9-10H,3-5,7-8H2,1-2H3. The number of hydrogen-bond donors (Lipinski definition) is 0. The lowest BCUT2D eigenvalue weighted by Crippen LogP contribution is -2.31. The normalized spacial score (nSPS) is 14.4. The smallest absolute Gasteiger partial charge is 0.273 e. The highest BCUT2D eigenvalue weighted by atomic mass is 32.1. The molecule has 130 valence electrons. The van der Waals surface area contributed by atoms with E-state index in [4.69, 9.17) is 0 Å². The largest absolute Gasteiger partial charge is 0.333 e. The summed E-state index contributed by atoms with van der Waals surface area (Å²) in [5, 5.41) is 10.8. The van der Waals surface area contributed by atoms with Crippen molar-refractivity contribution in [2.45, 2.75) is 39.9 Å². The van der Waals surface area contributed by atoms with Gasteiger partial charge in [-0.1, -0.05) is 5.21 Å². The molecule has 3 aromatic heterocycles. The maximum Gasteiger partial charge on any atom is 0.273 e. The van der Waals surface area contributed by atoms with Crippen LogP contribution in [0, 0.1) is 13.8 Å². The Morgan fingerprint density at radius 2 is 2.20 bits per heavy atom. The molecule has 0 spiro atoms. The van der Waals surface area contributed by atoms with Crippen molar-refractivity contribution in [2.24, 2.45) is 0 Å². The molecule has 25 heavy (non-hydrogen) atoms. The third-order valence-electron chi connectivity index (χ3n) is 4.44. The van der Waals surface area contributed by atoms with Crippen LogP contribution >= 0.6 is 11.3 Å². The molecule has 0 atom stereocenters. The van der Waals surface area contributed by atoms with E-state index in [-0.39, 0.29) is 5.91 Å². The average Bonchev–Trinajstić information content (AvgIpc) is 3.26. The molecule has 0 bridgehead atoms. The molecule has 0 radical (unpaired) electrons. The van der Waals surface area contributed by atoms with Gasteiger partial charge in [0, 0.05) is 18.5 Å². The zero-order valence-electron chi connectivity index (χ0n) is 14.2. The number of fused-ring (bicyclic) bond motifs is 1. The Morgan fingerprint density at radius 3 is 2.92 bits per heavy atom. The van der Waals surface area contributed by atoms with E-state index >= 15 is 0 Å². The molecule has 3 aromatic rings. The minimum atomic E-state index is -0.0121. The van der Waals surface area contributed by atoms with Gasteiger partial charge in [-0.2, -0.15) is 0 Å². The van der Waals surface area contributed by atoms with Gasteiger partial charge in [-0.25, -0.2) is 14.6 Å². The molecule has 8 nitrogen and oxygen atoms in total. The first-order chi connectivity index (χ1) is 12.1. The van der Waals surface area contributed by atoms with Crippen molar-refractivity contribution in [2.75, 3.05) is 6.54 Å². The molecule has 4 heterocycles. The molecule has 0 unspecified atom stereocenters. The molecule has 4 rings (SSSR count).